The van der Waals surface area contributed by atoms with Crippen LogP contribution in [-0.4, -0.2) is 50.2 Å². The first-order valence-corrected chi connectivity index (χ1v) is 8.16. The molecule has 0 saturated heterocycles. The van der Waals surface area contributed by atoms with Gasteiger partial charge in [-0.1, -0.05) is 33.6 Å². The van der Waals surface area contributed by atoms with E-state index in [1.165, 1.54) is 12.8 Å². The molecule has 3 atom stereocenters. The smallest absolute Gasteiger partial charge is 0.0897 e. The zero-order chi connectivity index (χ0) is 14.8. The normalized spacial score (nSPS) is 25.1. The van der Waals surface area contributed by atoms with Crippen molar-refractivity contribution in [3.63, 3.8) is 0 Å². The van der Waals surface area contributed by atoms with Crippen LogP contribution in [0.2, 0.25) is 0 Å². The predicted molar refractivity (Wildman–Crippen MR) is 81.9 cm³/mol. The Hall–Kier alpha value is -0.160. The standard InChI is InChI=1S/C16H33NO3/c1-13(2)11-19-8-7-17-10-15(18)12-20-16-6-4-5-14(3)9-16/h13-18H,4-12H2,1-3H3. The summed E-state index contributed by atoms with van der Waals surface area (Å²) in [5, 5.41) is 13.1. The Bertz CT molecular complexity index is 236. The Labute approximate surface area is 124 Å². The molecule has 1 aliphatic carbocycles. The van der Waals surface area contributed by atoms with Crippen molar-refractivity contribution in [1.82, 2.24) is 5.32 Å². The van der Waals surface area contributed by atoms with E-state index in [0.29, 0.717) is 31.8 Å². The molecule has 4 heteroatoms. The van der Waals surface area contributed by atoms with Gasteiger partial charge in [-0.15, -0.1) is 0 Å². The van der Waals surface area contributed by atoms with Crippen LogP contribution in [0.3, 0.4) is 0 Å². The summed E-state index contributed by atoms with van der Waals surface area (Å²) in [5.41, 5.74) is 0. The minimum absolute atomic E-state index is 0.350. The largest absolute Gasteiger partial charge is 0.389 e. The van der Waals surface area contributed by atoms with Gasteiger partial charge < -0.3 is 19.9 Å². The molecular weight excluding hydrogens is 254 g/mol. The average molecular weight is 287 g/mol. The predicted octanol–water partition coefficient (Wildman–Crippen LogP) is 2.20. The summed E-state index contributed by atoms with van der Waals surface area (Å²) < 4.78 is 11.3. The first-order chi connectivity index (χ1) is 9.58. The molecule has 0 radical (unpaired) electrons. The zero-order valence-corrected chi connectivity index (χ0v) is 13.4. The molecule has 1 rings (SSSR count). The van der Waals surface area contributed by atoms with Crippen LogP contribution in [-0.2, 0) is 9.47 Å². The maximum atomic E-state index is 9.86. The summed E-state index contributed by atoms with van der Waals surface area (Å²) in [7, 11) is 0. The molecule has 0 aromatic heterocycles. The lowest BCUT2D eigenvalue weighted by atomic mass is 9.89. The molecule has 1 saturated carbocycles. The van der Waals surface area contributed by atoms with Crippen molar-refractivity contribution in [2.45, 2.75) is 58.7 Å². The lowest BCUT2D eigenvalue weighted by molar-refractivity contribution is -0.0309. The molecule has 0 bridgehead atoms. The molecule has 0 spiro atoms. The Balaban J connectivity index is 1.93. The molecule has 1 fully saturated rings. The molecule has 0 aliphatic heterocycles. The van der Waals surface area contributed by atoms with Crippen molar-refractivity contribution in [1.29, 1.82) is 0 Å². The van der Waals surface area contributed by atoms with Gasteiger partial charge in [0.25, 0.3) is 0 Å². The van der Waals surface area contributed by atoms with Gasteiger partial charge >= 0.3 is 0 Å². The number of aliphatic hydroxyl groups excluding tert-OH is 1. The van der Waals surface area contributed by atoms with Crippen molar-refractivity contribution in [2.75, 3.05) is 32.9 Å². The molecule has 1 aliphatic rings. The first-order valence-electron chi connectivity index (χ1n) is 8.16. The third kappa shape index (κ3) is 8.90. The number of nitrogens with one attached hydrogen (secondary N) is 1. The summed E-state index contributed by atoms with van der Waals surface area (Å²) in [5.74, 6) is 1.34. The Morgan fingerprint density at radius 1 is 1.25 bits per heavy atom. The van der Waals surface area contributed by atoms with E-state index in [9.17, 15) is 5.11 Å². The summed E-state index contributed by atoms with van der Waals surface area (Å²) in [4.78, 5) is 0. The van der Waals surface area contributed by atoms with Crippen LogP contribution in [0.25, 0.3) is 0 Å². The quantitative estimate of drug-likeness (QED) is 0.605. The minimum atomic E-state index is -0.419. The number of rotatable bonds is 10. The highest BCUT2D eigenvalue weighted by Crippen LogP contribution is 2.25. The van der Waals surface area contributed by atoms with Crippen LogP contribution < -0.4 is 5.32 Å². The van der Waals surface area contributed by atoms with Crippen molar-refractivity contribution in [3.05, 3.63) is 0 Å². The van der Waals surface area contributed by atoms with Gasteiger partial charge in [0.05, 0.1) is 25.4 Å². The van der Waals surface area contributed by atoms with E-state index >= 15 is 0 Å². The van der Waals surface area contributed by atoms with E-state index in [4.69, 9.17) is 9.47 Å². The van der Waals surface area contributed by atoms with Gasteiger partial charge in [-0.25, -0.2) is 0 Å². The Morgan fingerprint density at radius 2 is 2.05 bits per heavy atom. The van der Waals surface area contributed by atoms with Crippen molar-refractivity contribution >= 4 is 0 Å². The third-order valence-electron chi connectivity index (χ3n) is 3.67. The van der Waals surface area contributed by atoms with Gasteiger partial charge in [0, 0.05) is 19.7 Å². The molecule has 2 N–H and O–H groups in total. The molecule has 0 aromatic rings. The van der Waals surface area contributed by atoms with Crippen molar-refractivity contribution in [2.24, 2.45) is 11.8 Å². The summed E-state index contributed by atoms with van der Waals surface area (Å²) in [6.07, 6.45) is 4.80. The molecular formula is C16H33NO3. The highest BCUT2D eigenvalue weighted by Gasteiger charge is 2.20. The van der Waals surface area contributed by atoms with Crippen LogP contribution >= 0.6 is 0 Å². The van der Waals surface area contributed by atoms with E-state index < -0.39 is 6.10 Å². The second kappa shape index (κ2) is 10.6. The second-order valence-electron chi connectivity index (χ2n) is 6.55. The molecule has 4 nitrogen and oxygen atoms in total. The van der Waals surface area contributed by atoms with E-state index in [0.717, 1.165) is 31.9 Å². The topological polar surface area (TPSA) is 50.7 Å². The van der Waals surface area contributed by atoms with E-state index in [1.807, 2.05) is 0 Å². The van der Waals surface area contributed by atoms with Crippen LogP contribution in [0.15, 0.2) is 0 Å². The van der Waals surface area contributed by atoms with E-state index in [1.54, 1.807) is 0 Å². The molecule has 120 valence electrons. The zero-order valence-electron chi connectivity index (χ0n) is 13.4. The number of hydrogen-bond donors (Lipinski definition) is 2. The summed E-state index contributed by atoms with van der Waals surface area (Å²) in [6.45, 7) is 9.86. The molecule has 0 heterocycles. The second-order valence-corrected chi connectivity index (χ2v) is 6.55. The lowest BCUT2D eigenvalue weighted by Gasteiger charge is -2.27. The minimum Gasteiger partial charge on any atom is -0.389 e. The molecule has 3 unspecified atom stereocenters. The van der Waals surface area contributed by atoms with E-state index in [2.05, 4.69) is 26.1 Å². The van der Waals surface area contributed by atoms with Gasteiger partial charge in [0.2, 0.25) is 0 Å². The average Bonchev–Trinajstić information content (AvgIpc) is 2.40. The van der Waals surface area contributed by atoms with Crippen LogP contribution in [0.5, 0.6) is 0 Å². The van der Waals surface area contributed by atoms with Crippen molar-refractivity contribution < 1.29 is 14.6 Å². The molecule has 20 heavy (non-hydrogen) atoms. The maximum Gasteiger partial charge on any atom is 0.0897 e. The number of ether oxygens (including phenoxy) is 2. The van der Waals surface area contributed by atoms with Crippen LogP contribution in [0, 0.1) is 11.8 Å². The highest BCUT2D eigenvalue weighted by atomic mass is 16.5. The Kier molecular flexibility index (Phi) is 9.44. The maximum absolute atomic E-state index is 9.86. The van der Waals surface area contributed by atoms with Gasteiger partial charge in [-0.2, -0.15) is 0 Å². The van der Waals surface area contributed by atoms with Crippen LogP contribution in [0.4, 0.5) is 0 Å². The lowest BCUT2D eigenvalue weighted by Crippen LogP contribution is -2.34. The molecule has 0 amide bonds. The SMILES string of the molecule is CC(C)COCCNCC(O)COC1CCCC(C)C1. The van der Waals surface area contributed by atoms with Crippen molar-refractivity contribution in [3.8, 4) is 0 Å². The summed E-state index contributed by atoms with van der Waals surface area (Å²) >= 11 is 0. The molecule has 0 aromatic carbocycles. The van der Waals surface area contributed by atoms with Gasteiger partial charge in [-0.05, 0) is 24.7 Å². The van der Waals surface area contributed by atoms with Crippen LogP contribution in [0.1, 0.15) is 46.5 Å². The number of hydrogen-bond acceptors (Lipinski definition) is 4. The number of aliphatic hydroxyl groups is 1. The fourth-order valence-corrected chi connectivity index (χ4v) is 2.57. The van der Waals surface area contributed by atoms with Gasteiger partial charge in [0.1, 0.15) is 0 Å². The fraction of sp³-hybridized carbons (Fsp3) is 1.00. The van der Waals surface area contributed by atoms with Gasteiger partial charge in [0.15, 0.2) is 0 Å². The Morgan fingerprint density at radius 3 is 2.75 bits per heavy atom. The van der Waals surface area contributed by atoms with Gasteiger partial charge in [-0.3, -0.25) is 0 Å². The fourth-order valence-electron chi connectivity index (χ4n) is 2.57. The first kappa shape index (κ1) is 17.9. The van der Waals surface area contributed by atoms with E-state index in [-0.39, 0.29) is 0 Å². The highest BCUT2D eigenvalue weighted by molar-refractivity contribution is 4.71. The monoisotopic (exact) mass is 287 g/mol. The summed E-state index contributed by atoms with van der Waals surface area (Å²) in [6, 6.07) is 0. The third-order valence-corrected chi connectivity index (χ3v) is 3.67.